The summed E-state index contributed by atoms with van der Waals surface area (Å²) in [7, 11) is 0. The minimum absolute atomic E-state index is 0.363. The zero-order chi connectivity index (χ0) is 10.1. The summed E-state index contributed by atoms with van der Waals surface area (Å²) in [6.45, 7) is 2.11. The molecule has 0 spiro atoms. The predicted molar refractivity (Wildman–Crippen MR) is 63.4 cm³/mol. The number of para-hydroxylation sites is 1. The Hall–Kier alpha value is -0.670. The zero-order valence-electron chi connectivity index (χ0n) is 7.79. The van der Waals surface area contributed by atoms with E-state index in [1.165, 1.54) is 0 Å². The van der Waals surface area contributed by atoms with E-state index in [1.807, 2.05) is 18.2 Å². The molecule has 1 N–H and O–H groups in total. The summed E-state index contributed by atoms with van der Waals surface area (Å²) in [4.78, 5) is 0. The number of fused-ring (bicyclic) bond motifs is 1. The molecule has 2 aromatic rings. The summed E-state index contributed by atoms with van der Waals surface area (Å²) in [6.07, 6.45) is 0. The summed E-state index contributed by atoms with van der Waals surface area (Å²) >= 11 is 10.3. The van der Waals surface area contributed by atoms with Gasteiger partial charge in [-0.15, -0.1) is 0 Å². The lowest BCUT2D eigenvalue weighted by Gasteiger charge is -2.04. The van der Waals surface area contributed by atoms with Crippen molar-refractivity contribution in [2.75, 3.05) is 5.75 Å². The molecule has 1 atom stereocenters. The molecule has 0 amide bonds. The number of nitrogens with one attached hydrogen (secondary N) is 1. The van der Waals surface area contributed by atoms with E-state index in [-0.39, 0.29) is 0 Å². The second-order valence-corrected chi connectivity index (χ2v) is 4.13. The fourth-order valence-electron chi connectivity index (χ4n) is 1.49. The lowest BCUT2D eigenvalue weighted by molar-refractivity contribution is 0.831. The van der Waals surface area contributed by atoms with Gasteiger partial charge in [0.15, 0.2) is 0 Å². The number of aromatic nitrogens is 2. The van der Waals surface area contributed by atoms with Gasteiger partial charge in [0, 0.05) is 17.0 Å². The minimum Gasteiger partial charge on any atom is -0.281 e. The van der Waals surface area contributed by atoms with Crippen molar-refractivity contribution in [1.82, 2.24) is 10.2 Å². The lowest BCUT2D eigenvalue weighted by atomic mass is 10.1. The standard InChI is InChI=1S/C10H11ClN2S/c1-6(5-14)9-7-3-2-4-8(11)10(7)13-12-9/h2-4,6,14H,5H2,1H3,(H,12,13). The Morgan fingerprint density at radius 1 is 1.57 bits per heavy atom. The van der Waals surface area contributed by atoms with Crippen molar-refractivity contribution in [3.05, 3.63) is 28.9 Å². The normalized spacial score (nSPS) is 13.4. The third kappa shape index (κ3) is 1.51. The zero-order valence-corrected chi connectivity index (χ0v) is 9.44. The van der Waals surface area contributed by atoms with Crippen molar-refractivity contribution in [1.29, 1.82) is 0 Å². The number of hydrogen-bond donors (Lipinski definition) is 2. The maximum atomic E-state index is 6.02. The highest BCUT2D eigenvalue weighted by molar-refractivity contribution is 7.80. The Balaban J connectivity index is 2.63. The highest BCUT2D eigenvalue weighted by atomic mass is 35.5. The Labute approximate surface area is 93.1 Å². The molecular formula is C10H11ClN2S. The Bertz CT molecular complexity index is 452. The molecule has 0 fully saturated rings. The van der Waals surface area contributed by atoms with E-state index >= 15 is 0 Å². The quantitative estimate of drug-likeness (QED) is 0.757. The van der Waals surface area contributed by atoms with Gasteiger partial charge in [-0.05, 0) is 11.8 Å². The second kappa shape index (κ2) is 3.83. The monoisotopic (exact) mass is 226 g/mol. The van der Waals surface area contributed by atoms with E-state index in [0.29, 0.717) is 10.9 Å². The van der Waals surface area contributed by atoms with Crippen LogP contribution in [0.1, 0.15) is 18.5 Å². The molecule has 14 heavy (non-hydrogen) atoms. The first-order valence-electron chi connectivity index (χ1n) is 4.47. The van der Waals surface area contributed by atoms with Crippen molar-refractivity contribution < 1.29 is 0 Å². The number of rotatable bonds is 2. The Kier molecular flexibility index (Phi) is 2.70. The number of benzene rings is 1. The van der Waals surface area contributed by atoms with Gasteiger partial charge in [0.2, 0.25) is 0 Å². The number of halogens is 1. The molecule has 0 aliphatic rings. The van der Waals surface area contributed by atoms with Gasteiger partial charge in [-0.3, -0.25) is 5.10 Å². The van der Waals surface area contributed by atoms with E-state index in [0.717, 1.165) is 22.3 Å². The largest absolute Gasteiger partial charge is 0.281 e. The summed E-state index contributed by atoms with van der Waals surface area (Å²) in [5, 5.41) is 9.01. The van der Waals surface area contributed by atoms with Crippen molar-refractivity contribution >= 4 is 35.1 Å². The smallest absolute Gasteiger partial charge is 0.111 e. The van der Waals surface area contributed by atoms with E-state index in [9.17, 15) is 0 Å². The number of aromatic amines is 1. The van der Waals surface area contributed by atoms with Crippen LogP contribution < -0.4 is 0 Å². The number of hydrogen-bond acceptors (Lipinski definition) is 2. The van der Waals surface area contributed by atoms with Crippen LogP contribution in [0.5, 0.6) is 0 Å². The van der Waals surface area contributed by atoms with Crippen molar-refractivity contribution in [2.45, 2.75) is 12.8 Å². The van der Waals surface area contributed by atoms with E-state index < -0.39 is 0 Å². The molecule has 0 radical (unpaired) electrons. The lowest BCUT2D eigenvalue weighted by Crippen LogP contribution is -1.95. The summed E-state index contributed by atoms with van der Waals surface area (Å²) < 4.78 is 0. The van der Waals surface area contributed by atoms with Crippen LogP contribution >= 0.6 is 24.2 Å². The molecule has 1 unspecified atom stereocenters. The molecule has 0 saturated carbocycles. The SMILES string of the molecule is CC(CS)c1[nH]nc2c(Cl)cccc12. The van der Waals surface area contributed by atoms with Crippen LogP contribution in [0, 0.1) is 0 Å². The van der Waals surface area contributed by atoms with Gasteiger partial charge >= 0.3 is 0 Å². The van der Waals surface area contributed by atoms with Crippen LogP contribution in [-0.4, -0.2) is 16.0 Å². The first-order chi connectivity index (χ1) is 6.74. The number of H-pyrrole nitrogens is 1. The molecule has 1 aromatic heterocycles. The van der Waals surface area contributed by atoms with Crippen LogP contribution in [0.25, 0.3) is 10.9 Å². The van der Waals surface area contributed by atoms with Crippen molar-refractivity contribution in [2.24, 2.45) is 0 Å². The fourth-order valence-corrected chi connectivity index (χ4v) is 1.89. The molecule has 74 valence electrons. The van der Waals surface area contributed by atoms with Crippen LogP contribution in [0.3, 0.4) is 0 Å². The maximum absolute atomic E-state index is 6.02. The van der Waals surface area contributed by atoms with Gasteiger partial charge in [0.1, 0.15) is 5.52 Å². The van der Waals surface area contributed by atoms with Crippen molar-refractivity contribution in [3.63, 3.8) is 0 Å². The minimum atomic E-state index is 0.363. The molecular weight excluding hydrogens is 216 g/mol. The van der Waals surface area contributed by atoms with Crippen LogP contribution in [0.15, 0.2) is 18.2 Å². The molecule has 0 bridgehead atoms. The molecule has 2 nitrogen and oxygen atoms in total. The first-order valence-corrected chi connectivity index (χ1v) is 5.48. The van der Waals surface area contributed by atoms with Gasteiger partial charge in [0.05, 0.1) is 5.02 Å². The van der Waals surface area contributed by atoms with Crippen LogP contribution in [0.2, 0.25) is 5.02 Å². The van der Waals surface area contributed by atoms with Gasteiger partial charge in [-0.25, -0.2) is 0 Å². The number of nitrogens with zero attached hydrogens (tertiary/aromatic N) is 1. The molecule has 1 aromatic carbocycles. The van der Waals surface area contributed by atoms with Crippen LogP contribution in [0.4, 0.5) is 0 Å². The molecule has 2 rings (SSSR count). The maximum Gasteiger partial charge on any atom is 0.111 e. The molecule has 0 aliphatic heterocycles. The third-order valence-corrected chi connectivity index (χ3v) is 3.18. The van der Waals surface area contributed by atoms with E-state index in [4.69, 9.17) is 11.6 Å². The molecule has 0 saturated heterocycles. The highest BCUT2D eigenvalue weighted by Gasteiger charge is 2.12. The summed E-state index contributed by atoms with van der Waals surface area (Å²) in [5.41, 5.74) is 1.95. The van der Waals surface area contributed by atoms with Gasteiger partial charge in [-0.1, -0.05) is 30.7 Å². The predicted octanol–water partition coefficient (Wildman–Crippen LogP) is 3.25. The van der Waals surface area contributed by atoms with Gasteiger partial charge in [-0.2, -0.15) is 17.7 Å². The van der Waals surface area contributed by atoms with E-state index in [2.05, 4.69) is 29.7 Å². The Morgan fingerprint density at radius 2 is 2.36 bits per heavy atom. The average Bonchev–Trinajstić information content (AvgIpc) is 2.62. The van der Waals surface area contributed by atoms with Gasteiger partial charge in [0.25, 0.3) is 0 Å². The van der Waals surface area contributed by atoms with Crippen molar-refractivity contribution in [3.8, 4) is 0 Å². The molecule has 4 heteroatoms. The summed E-state index contributed by atoms with van der Waals surface area (Å²) in [6, 6.07) is 5.81. The molecule has 1 heterocycles. The summed E-state index contributed by atoms with van der Waals surface area (Å²) in [5.74, 6) is 1.16. The average molecular weight is 227 g/mol. The topological polar surface area (TPSA) is 28.7 Å². The second-order valence-electron chi connectivity index (χ2n) is 3.36. The van der Waals surface area contributed by atoms with Gasteiger partial charge < -0.3 is 0 Å². The number of thiol groups is 1. The van der Waals surface area contributed by atoms with E-state index in [1.54, 1.807) is 0 Å². The molecule has 0 aliphatic carbocycles. The highest BCUT2D eigenvalue weighted by Crippen LogP contribution is 2.27. The Morgan fingerprint density at radius 3 is 3.07 bits per heavy atom. The first kappa shape index (κ1) is 9.87. The third-order valence-electron chi connectivity index (χ3n) is 2.33. The van der Waals surface area contributed by atoms with Crippen LogP contribution in [-0.2, 0) is 0 Å². The fraction of sp³-hybridized carbons (Fsp3) is 0.300.